The van der Waals surface area contributed by atoms with Crippen molar-refractivity contribution in [2.75, 3.05) is 0 Å². The van der Waals surface area contributed by atoms with E-state index in [1.165, 1.54) is 17.7 Å². The first-order valence-electron chi connectivity index (χ1n) is 10.8. The molecule has 1 N–H and O–H groups in total. The number of aliphatic imine (C=N–C) groups is 1. The van der Waals surface area contributed by atoms with Crippen molar-refractivity contribution in [3.05, 3.63) is 71.5 Å². The number of benzene rings is 2. The van der Waals surface area contributed by atoms with Crippen LogP contribution in [0.4, 0.5) is 18.9 Å². The molecular weight excluding hydrogens is 413 g/mol. The van der Waals surface area contributed by atoms with Crippen molar-refractivity contribution < 1.29 is 17.9 Å². The summed E-state index contributed by atoms with van der Waals surface area (Å²) in [5.74, 6) is 0.115. The highest BCUT2D eigenvalue weighted by atomic mass is 19.4. The van der Waals surface area contributed by atoms with Crippen LogP contribution in [0.15, 0.2) is 65.3 Å². The number of allylic oxidation sites excluding steroid dienone is 2. The largest absolute Gasteiger partial charge is 0.573 e. The van der Waals surface area contributed by atoms with Gasteiger partial charge < -0.3 is 10.1 Å². The fourth-order valence-corrected chi connectivity index (χ4v) is 3.31. The number of hydrogen-bond acceptors (Lipinski definition) is 3. The molecule has 2 aromatic rings. The SMILES string of the molecule is C=CC(NCc1cc(N=CC(C)CC)c(C)c(-c2ccc(OC(F)(F)F)cc2)c1)=C1CC1. The minimum atomic E-state index is -4.71. The Balaban J connectivity index is 1.94. The number of rotatable bonds is 9. The lowest BCUT2D eigenvalue weighted by atomic mass is 9.96. The number of nitrogens with one attached hydrogen (secondary N) is 1. The average Bonchev–Trinajstić information content (AvgIpc) is 3.58. The lowest BCUT2D eigenvalue weighted by Gasteiger charge is -2.15. The third-order valence-corrected chi connectivity index (χ3v) is 5.52. The third kappa shape index (κ3) is 6.49. The van der Waals surface area contributed by atoms with Crippen molar-refractivity contribution in [1.29, 1.82) is 0 Å². The van der Waals surface area contributed by atoms with Crippen LogP contribution in [0.5, 0.6) is 5.75 Å². The van der Waals surface area contributed by atoms with E-state index < -0.39 is 6.36 Å². The zero-order chi connectivity index (χ0) is 23.3. The van der Waals surface area contributed by atoms with Crippen LogP contribution in [0.3, 0.4) is 0 Å². The van der Waals surface area contributed by atoms with Crippen molar-refractivity contribution in [2.45, 2.75) is 52.9 Å². The van der Waals surface area contributed by atoms with Gasteiger partial charge in [-0.1, -0.05) is 32.6 Å². The van der Waals surface area contributed by atoms with Crippen LogP contribution >= 0.6 is 0 Å². The van der Waals surface area contributed by atoms with Gasteiger partial charge >= 0.3 is 6.36 Å². The summed E-state index contributed by atoms with van der Waals surface area (Å²) in [6.45, 7) is 10.7. The molecule has 1 unspecified atom stereocenters. The maximum Gasteiger partial charge on any atom is 0.573 e. The Bertz CT molecular complexity index is 1010. The molecule has 6 heteroatoms. The predicted octanol–water partition coefficient (Wildman–Crippen LogP) is 7.63. The van der Waals surface area contributed by atoms with Gasteiger partial charge in [0.15, 0.2) is 0 Å². The number of hydrogen-bond donors (Lipinski definition) is 1. The van der Waals surface area contributed by atoms with Gasteiger partial charge in [0.2, 0.25) is 0 Å². The molecule has 0 aliphatic heterocycles. The van der Waals surface area contributed by atoms with Crippen LogP contribution in [0.2, 0.25) is 0 Å². The van der Waals surface area contributed by atoms with Crippen LogP contribution in [-0.4, -0.2) is 12.6 Å². The van der Waals surface area contributed by atoms with E-state index >= 15 is 0 Å². The van der Waals surface area contributed by atoms with E-state index in [1.807, 2.05) is 19.2 Å². The molecule has 0 spiro atoms. The molecule has 2 aromatic carbocycles. The average molecular weight is 443 g/mol. The first-order chi connectivity index (χ1) is 15.2. The van der Waals surface area contributed by atoms with Gasteiger partial charge in [0.05, 0.1) is 5.69 Å². The molecule has 1 fully saturated rings. The molecular formula is C26H29F3N2O. The number of alkyl halides is 3. The van der Waals surface area contributed by atoms with Crippen LogP contribution < -0.4 is 10.1 Å². The maximum absolute atomic E-state index is 12.5. The smallest absolute Gasteiger partial charge is 0.406 e. The first kappa shape index (κ1) is 23.6. The van der Waals surface area contributed by atoms with Gasteiger partial charge in [0.25, 0.3) is 0 Å². The number of halogens is 3. The minimum absolute atomic E-state index is 0.238. The van der Waals surface area contributed by atoms with E-state index in [1.54, 1.807) is 12.1 Å². The van der Waals surface area contributed by atoms with Crippen molar-refractivity contribution >= 4 is 11.9 Å². The number of nitrogens with zero attached hydrogens (tertiary/aromatic N) is 1. The Morgan fingerprint density at radius 2 is 1.91 bits per heavy atom. The Morgan fingerprint density at radius 1 is 1.22 bits per heavy atom. The topological polar surface area (TPSA) is 33.6 Å². The summed E-state index contributed by atoms with van der Waals surface area (Å²) in [7, 11) is 0. The fourth-order valence-electron chi connectivity index (χ4n) is 3.31. The van der Waals surface area contributed by atoms with Crippen molar-refractivity contribution in [2.24, 2.45) is 10.9 Å². The molecule has 0 bridgehead atoms. The van der Waals surface area contributed by atoms with E-state index in [0.29, 0.717) is 12.5 Å². The summed E-state index contributed by atoms with van der Waals surface area (Å²) in [6, 6.07) is 10.1. The standard InChI is InChI=1S/C26H29F3N2O/c1-5-17(3)15-30-25-14-19(16-31-24(6-2)21-7-8-21)13-23(18(25)4)20-9-11-22(12-10-20)32-26(27,28)29/h6,9-15,17,31H,2,5,7-8,16H2,1,3-4H3. The highest BCUT2D eigenvalue weighted by Crippen LogP contribution is 2.35. The van der Waals surface area contributed by atoms with Gasteiger partial charge in [-0.05, 0) is 90.3 Å². The van der Waals surface area contributed by atoms with E-state index in [9.17, 15) is 13.2 Å². The molecule has 0 heterocycles. The van der Waals surface area contributed by atoms with E-state index in [-0.39, 0.29) is 5.75 Å². The van der Waals surface area contributed by atoms with Gasteiger partial charge in [-0.2, -0.15) is 0 Å². The van der Waals surface area contributed by atoms with E-state index in [4.69, 9.17) is 4.99 Å². The van der Waals surface area contributed by atoms with Crippen LogP contribution in [-0.2, 0) is 6.54 Å². The molecule has 0 radical (unpaired) electrons. The molecule has 170 valence electrons. The lowest BCUT2D eigenvalue weighted by molar-refractivity contribution is -0.274. The molecule has 0 saturated heterocycles. The van der Waals surface area contributed by atoms with Gasteiger partial charge in [-0.3, -0.25) is 4.99 Å². The third-order valence-electron chi connectivity index (χ3n) is 5.52. The van der Waals surface area contributed by atoms with Gasteiger partial charge in [-0.15, -0.1) is 13.2 Å². The molecule has 0 aromatic heterocycles. The van der Waals surface area contributed by atoms with Crippen LogP contribution in [0.25, 0.3) is 11.1 Å². The quantitative estimate of drug-likeness (QED) is 0.405. The zero-order valence-electron chi connectivity index (χ0n) is 18.7. The van der Waals surface area contributed by atoms with E-state index in [2.05, 4.69) is 42.6 Å². The van der Waals surface area contributed by atoms with Crippen molar-refractivity contribution in [3.63, 3.8) is 0 Å². The molecule has 1 aliphatic rings. The second kappa shape index (κ2) is 10.1. The van der Waals surface area contributed by atoms with Crippen LogP contribution in [0.1, 0.15) is 44.2 Å². The molecule has 3 rings (SSSR count). The second-order valence-electron chi connectivity index (χ2n) is 8.10. The highest BCUT2D eigenvalue weighted by molar-refractivity contribution is 5.76. The molecule has 3 nitrogen and oxygen atoms in total. The molecule has 1 atom stereocenters. The number of ether oxygens (including phenoxy) is 1. The van der Waals surface area contributed by atoms with Crippen molar-refractivity contribution in [1.82, 2.24) is 5.32 Å². The minimum Gasteiger partial charge on any atom is -0.406 e. The normalized spacial score (nSPS) is 14.4. The Kier molecular flexibility index (Phi) is 7.44. The second-order valence-corrected chi connectivity index (χ2v) is 8.10. The Morgan fingerprint density at radius 3 is 2.47 bits per heavy atom. The Hall–Kier alpha value is -3.02. The first-order valence-corrected chi connectivity index (χ1v) is 10.8. The highest BCUT2D eigenvalue weighted by Gasteiger charge is 2.31. The summed E-state index contributed by atoms with van der Waals surface area (Å²) < 4.78 is 41.5. The molecule has 1 aliphatic carbocycles. The van der Waals surface area contributed by atoms with Gasteiger partial charge in [0.1, 0.15) is 5.75 Å². The molecule has 1 saturated carbocycles. The zero-order valence-corrected chi connectivity index (χ0v) is 18.7. The Labute approximate surface area is 187 Å². The van der Waals surface area contributed by atoms with Gasteiger partial charge in [0, 0.05) is 18.5 Å². The van der Waals surface area contributed by atoms with Crippen molar-refractivity contribution in [3.8, 4) is 16.9 Å². The molecule has 32 heavy (non-hydrogen) atoms. The summed E-state index contributed by atoms with van der Waals surface area (Å²) in [4.78, 5) is 4.73. The monoisotopic (exact) mass is 442 g/mol. The van der Waals surface area contributed by atoms with Gasteiger partial charge in [-0.25, -0.2) is 0 Å². The summed E-state index contributed by atoms with van der Waals surface area (Å²) >= 11 is 0. The fraction of sp³-hybridized carbons (Fsp3) is 0.346. The van der Waals surface area contributed by atoms with E-state index in [0.717, 1.165) is 52.9 Å². The summed E-state index contributed by atoms with van der Waals surface area (Å²) in [6.07, 6.45) is 2.28. The summed E-state index contributed by atoms with van der Waals surface area (Å²) in [5.41, 5.74) is 7.06. The maximum atomic E-state index is 12.5. The summed E-state index contributed by atoms with van der Waals surface area (Å²) in [5, 5.41) is 3.45. The predicted molar refractivity (Wildman–Crippen MR) is 124 cm³/mol. The van der Waals surface area contributed by atoms with Crippen LogP contribution in [0, 0.1) is 12.8 Å². The molecule has 0 amide bonds. The lowest BCUT2D eigenvalue weighted by Crippen LogP contribution is -2.16.